The molecule has 108 valence electrons. The molecule has 5 heteroatoms. The first-order valence-corrected chi connectivity index (χ1v) is 6.49. The van der Waals surface area contributed by atoms with E-state index in [1.165, 1.54) is 6.42 Å². The normalized spacial score (nSPS) is 21.9. The number of rotatable bonds is 4. The van der Waals surface area contributed by atoms with Crippen LogP contribution in [0.25, 0.3) is 0 Å². The van der Waals surface area contributed by atoms with E-state index in [0.29, 0.717) is 6.54 Å². The van der Waals surface area contributed by atoms with Crippen molar-refractivity contribution in [3.8, 4) is 0 Å². The summed E-state index contributed by atoms with van der Waals surface area (Å²) in [5, 5.41) is 6.23. The van der Waals surface area contributed by atoms with Gasteiger partial charge in [-0.15, -0.1) is 12.4 Å². The van der Waals surface area contributed by atoms with Crippen LogP contribution in [-0.4, -0.2) is 38.3 Å². The maximum absolute atomic E-state index is 11.9. The average molecular weight is 279 g/mol. The van der Waals surface area contributed by atoms with Crippen LogP contribution in [0.4, 0.5) is 0 Å². The van der Waals surface area contributed by atoms with Gasteiger partial charge in [0.25, 0.3) is 0 Å². The molecule has 1 fully saturated rings. The largest absolute Gasteiger partial charge is 0.379 e. The molecule has 2 unspecified atom stereocenters. The first kappa shape index (κ1) is 17.7. The van der Waals surface area contributed by atoms with Crippen LogP contribution in [0, 0.1) is 5.41 Å². The Morgan fingerprint density at radius 2 is 2.11 bits per heavy atom. The molecule has 0 bridgehead atoms. The lowest BCUT2D eigenvalue weighted by molar-refractivity contribution is -0.124. The van der Waals surface area contributed by atoms with Crippen molar-refractivity contribution < 1.29 is 9.53 Å². The Labute approximate surface area is 117 Å². The monoisotopic (exact) mass is 278 g/mol. The van der Waals surface area contributed by atoms with Crippen LogP contribution in [-0.2, 0) is 9.53 Å². The van der Waals surface area contributed by atoms with Crippen LogP contribution in [0.2, 0.25) is 0 Å². The van der Waals surface area contributed by atoms with Gasteiger partial charge in [-0.05, 0) is 24.8 Å². The Morgan fingerprint density at radius 3 is 2.56 bits per heavy atom. The Morgan fingerprint density at radius 1 is 1.44 bits per heavy atom. The minimum atomic E-state index is -0.0128. The molecule has 1 aliphatic rings. The Bertz CT molecular complexity index is 248. The van der Waals surface area contributed by atoms with Gasteiger partial charge in [0.05, 0.1) is 12.1 Å². The molecule has 1 saturated heterocycles. The van der Waals surface area contributed by atoms with E-state index in [1.807, 2.05) is 0 Å². The zero-order chi connectivity index (χ0) is 12.9. The van der Waals surface area contributed by atoms with Crippen molar-refractivity contribution in [2.75, 3.05) is 20.2 Å². The van der Waals surface area contributed by atoms with Crippen LogP contribution in [0.3, 0.4) is 0 Å². The average Bonchev–Trinajstić information content (AvgIpc) is 2.29. The Hall–Kier alpha value is -0.320. The minimum Gasteiger partial charge on any atom is -0.379 e. The fourth-order valence-corrected chi connectivity index (χ4v) is 2.14. The van der Waals surface area contributed by atoms with Gasteiger partial charge >= 0.3 is 0 Å². The van der Waals surface area contributed by atoms with E-state index in [0.717, 1.165) is 19.4 Å². The topological polar surface area (TPSA) is 50.4 Å². The van der Waals surface area contributed by atoms with Crippen molar-refractivity contribution in [2.24, 2.45) is 5.41 Å². The summed E-state index contributed by atoms with van der Waals surface area (Å²) >= 11 is 0. The van der Waals surface area contributed by atoms with E-state index in [4.69, 9.17) is 4.74 Å². The fraction of sp³-hybridized carbons (Fsp3) is 0.923. The van der Waals surface area contributed by atoms with Gasteiger partial charge < -0.3 is 15.4 Å². The van der Waals surface area contributed by atoms with Crippen LogP contribution in [0.5, 0.6) is 0 Å². The molecule has 1 amide bonds. The molecular weight excluding hydrogens is 252 g/mol. The summed E-state index contributed by atoms with van der Waals surface area (Å²) in [6.07, 6.45) is 3.30. The first-order chi connectivity index (χ1) is 7.95. The number of hydrogen-bond acceptors (Lipinski definition) is 3. The summed E-state index contributed by atoms with van der Waals surface area (Å²) in [4.78, 5) is 11.9. The van der Waals surface area contributed by atoms with Crippen molar-refractivity contribution in [3.05, 3.63) is 0 Å². The summed E-state index contributed by atoms with van der Waals surface area (Å²) < 4.78 is 5.42. The van der Waals surface area contributed by atoms with E-state index in [9.17, 15) is 4.79 Å². The fourth-order valence-electron chi connectivity index (χ4n) is 2.14. The van der Waals surface area contributed by atoms with Crippen molar-refractivity contribution in [3.63, 3.8) is 0 Å². The highest BCUT2D eigenvalue weighted by Gasteiger charge is 2.26. The van der Waals surface area contributed by atoms with Crippen LogP contribution in [0.15, 0.2) is 0 Å². The molecule has 0 aromatic carbocycles. The first-order valence-electron chi connectivity index (χ1n) is 6.49. The number of carbonyl (C=O) groups is 1. The molecule has 0 saturated carbocycles. The number of carbonyl (C=O) groups excluding carboxylic acids is 1. The number of ether oxygens (including phenoxy) is 1. The van der Waals surface area contributed by atoms with E-state index >= 15 is 0 Å². The molecule has 0 aromatic heterocycles. The summed E-state index contributed by atoms with van der Waals surface area (Å²) in [6, 6.07) is -0.0128. The lowest BCUT2D eigenvalue weighted by Gasteiger charge is -2.30. The van der Waals surface area contributed by atoms with Gasteiger partial charge in [0.1, 0.15) is 0 Å². The number of piperidine rings is 1. The third kappa shape index (κ3) is 5.55. The standard InChI is InChI=1S/C13H26N2O2.ClH/c1-13(2,3)11(17-4)9-15-12(16)10-7-5-6-8-14-10;/h10-11,14H,5-9H2,1-4H3,(H,15,16);1H. The van der Waals surface area contributed by atoms with Gasteiger partial charge in [0.2, 0.25) is 5.91 Å². The molecule has 0 spiro atoms. The van der Waals surface area contributed by atoms with Crippen molar-refractivity contribution in [1.82, 2.24) is 10.6 Å². The second kappa shape index (κ2) is 7.97. The molecule has 18 heavy (non-hydrogen) atoms. The third-order valence-corrected chi connectivity index (χ3v) is 3.34. The molecule has 1 heterocycles. The van der Waals surface area contributed by atoms with Crippen LogP contribution in [0.1, 0.15) is 40.0 Å². The lowest BCUT2D eigenvalue weighted by atomic mass is 9.89. The Balaban J connectivity index is 0.00000289. The number of methoxy groups -OCH3 is 1. The van der Waals surface area contributed by atoms with E-state index < -0.39 is 0 Å². The van der Waals surface area contributed by atoms with Gasteiger partial charge in [-0.1, -0.05) is 27.2 Å². The SMILES string of the molecule is COC(CNC(=O)C1CCCCN1)C(C)(C)C.Cl. The highest BCUT2D eigenvalue weighted by Crippen LogP contribution is 2.21. The summed E-state index contributed by atoms with van der Waals surface area (Å²) in [6.45, 7) is 7.88. The molecule has 4 nitrogen and oxygen atoms in total. The molecule has 2 atom stereocenters. The molecule has 0 aromatic rings. The van der Waals surface area contributed by atoms with Gasteiger partial charge in [0.15, 0.2) is 0 Å². The molecule has 1 rings (SSSR count). The predicted molar refractivity (Wildman–Crippen MR) is 76.2 cm³/mol. The van der Waals surface area contributed by atoms with E-state index in [1.54, 1.807) is 7.11 Å². The molecule has 2 N–H and O–H groups in total. The molecule has 1 aliphatic heterocycles. The maximum atomic E-state index is 11.9. The predicted octanol–water partition coefficient (Wildman–Crippen LogP) is 1.73. The maximum Gasteiger partial charge on any atom is 0.237 e. The van der Waals surface area contributed by atoms with E-state index in [2.05, 4.69) is 31.4 Å². The quantitative estimate of drug-likeness (QED) is 0.823. The second-order valence-electron chi connectivity index (χ2n) is 5.84. The highest BCUT2D eigenvalue weighted by atomic mass is 35.5. The van der Waals surface area contributed by atoms with E-state index in [-0.39, 0.29) is 35.9 Å². The number of amides is 1. The summed E-state index contributed by atoms with van der Waals surface area (Å²) in [5.41, 5.74) is 0.0437. The minimum absolute atomic E-state index is 0. The third-order valence-electron chi connectivity index (χ3n) is 3.34. The van der Waals surface area contributed by atoms with Gasteiger partial charge in [-0.25, -0.2) is 0 Å². The zero-order valence-electron chi connectivity index (χ0n) is 11.9. The van der Waals surface area contributed by atoms with Gasteiger partial charge in [-0.2, -0.15) is 0 Å². The highest BCUT2D eigenvalue weighted by molar-refractivity contribution is 5.85. The second-order valence-corrected chi connectivity index (χ2v) is 5.84. The summed E-state index contributed by atoms with van der Waals surface area (Å²) in [5.74, 6) is 0.107. The lowest BCUT2D eigenvalue weighted by Crippen LogP contribution is -2.49. The van der Waals surface area contributed by atoms with Gasteiger partial charge in [0, 0.05) is 13.7 Å². The van der Waals surface area contributed by atoms with Gasteiger partial charge in [-0.3, -0.25) is 4.79 Å². The Kier molecular flexibility index (Phi) is 7.83. The van der Waals surface area contributed by atoms with Crippen LogP contribution >= 0.6 is 12.4 Å². The van der Waals surface area contributed by atoms with Crippen molar-refractivity contribution in [1.29, 1.82) is 0 Å². The van der Waals surface area contributed by atoms with Crippen molar-refractivity contribution >= 4 is 18.3 Å². The number of hydrogen-bond donors (Lipinski definition) is 2. The molecule has 0 aliphatic carbocycles. The number of nitrogens with one attached hydrogen (secondary N) is 2. The smallest absolute Gasteiger partial charge is 0.237 e. The number of halogens is 1. The van der Waals surface area contributed by atoms with Crippen LogP contribution < -0.4 is 10.6 Å². The summed E-state index contributed by atoms with van der Waals surface area (Å²) in [7, 11) is 1.70. The molecular formula is C13H27ClN2O2. The molecule has 0 radical (unpaired) electrons. The van der Waals surface area contributed by atoms with Crippen molar-refractivity contribution in [2.45, 2.75) is 52.2 Å². The zero-order valence-corrected chi connectivity index (χ0v) is 12.7.